The third-order valence-electron chi connectivity index (χ3n) is 2.97. The zero-order valence-corrected chi connectivity index (χ0v) is 9.48. The number of aliphatic hydroxyl groups is 1. The quantitative estimate of drug-likeness (QED) is 0.813. The van der Waals surface area contributed by atoms with Gasteiger partial charge >= 0.3 is 0 Å². The normalized spacial score (nSPS) is 20.7. The van der Waals surface area contributed by atoms with Crippen molar-refractivity contribution in [2.24, 2.45) is 0 Å². The van der Waals surface area contributed by atoms with Gasteiger partial charge in [-0.3, -0.25) is 0 Å². The molecular formula is C13H19NO2. The summed E-state index contributed by atoms with van der Waals surface area (Å²) in [7, 11) is 0. The van der Waals surface area contributed by atoms with Gasteiger partial charge < -0.3 is 15.2 Å². The molecule has 2 rings (SSSR count). The summed E-state index contributed by atoms with van der Waals surface area (Å²) < 4.78 is 5.70. The van der Waals surface area contributed by atoms with Crippen molar-refractivity contribution >= 4 is 0 Å². The summed E-state index contributed by atoms with van der Waals surface area (Å²) in [6.45, 7) is 1.93. The molecule has 0 radical (unpaired) electrons. The summed E-state index contributed by atoms with van der Waals surface area (Å²) >= 11 is 0. The number of ether oxygens (including phenoxy) is 1. The lowest BCUT2D eigenvalue weighted by Crippen LogP contribution is -2.38. The van der Waals surface area contributed by atoms with Crippen molar-refractivity contribution in [2.45, 2.75) is 31.9 Å². The predicted molar refractivity (Wildman–Crippen MR) is 63.5 cm³/mol. The molecule has 0 amide bonds. The summed E-state index contributed by atoms with van der Waals surface area (Å²) in [5.41, 5.74) is 0.920. The van der Waals surface area contributed by atoms with Crippen molar-refractivity contribution in [3.8, 4) is 5.75 Å². The Bertz CT molecular complexity index is 304. The second-order valence-corrected chi connectivity index (χ2v) is 4.26. The summed E-state index contributed by atoms with van der Waals surface area (Å²) in [5.74, 6) is 0.879. The molecule has 0 bridgehead atoms. The first-order valence-corrected chi connectivity index (χ1v) is 5.94. The summed E-state index contributed by atoms with van der Waals surface area (Å²) in [5, 5.41) is 12.4. The van der Waals surface area contributed by atoms with E-state index in [2.05, 4.69) is 5.32 Å². The van der Waals surface area contributed by atoms with E-state index >= 15 is 0 Å². The van der Waals surface area contributed by atoms with Crippen LogP contribution in [0.5, 0.6) is 5.75 Å². The Labute approximate surface area is 96.4 Å². The van der Waals surface area contributed by atoms with Crippen LogP contribution in [0.4, 0.5) is 0 Å². The van der Waals surface area contributed by atoms with Crippen molar-refractivity contribution in [1.82, 2.24) is 5.32 Å². The minimum Gasteiger partial charge on any atom is -0.492 e. The van der Waals surface area contributed by atoms with Gasteiger partial charge in [-0.2, -0.15) is 0 Å². The van der Waals surface area contributed by atoms with Gasteiger partial charge in [0.25, 0.3) is 0 Å². The van der Waals surface area contributed by atoms with Crippen LogP contribution in [0.15, 0.2) is 24.3 Å². The maximum absolute atomic E-state index is 8.91. The largest absolute Gasteiger partial charge is 0.492 e. The molecule has 1 aromatic rings. The number of benzene rings is 1. The smallest absolute Gasteiger partial charge is 0.119 e. The second-order valence-electron chi connectivity index (χ2n) is 4.26. The van der Waals surface area contributed by atoms with E-state index in [9.17, 15) is 0 Å². The zero-order chi connectivity index (χ0) is 11.2. The number of piperidine rings is 1. The molecule has 0 spiro atoms. The molecule has 16 heavy (non-hydrogen) atoms. The first-order valence-electron chi connectivity index (χ1n) is 5.94. The number of rotatable bonds is 4. The van der Waals surface area contributed by atoms with Crippen LogP contribution < -0.4 is 10.1 Å². The van der Waals surface area contributed by atoms with E-state index in [1.165, 1.54) is 19.3 Å². The average molecular weight is 221 g/mol. The first-order chi connectivity index (χ1) is 7.88. The Morgan fingerprint density at radius 1 is 1.25 bits per heavy atom. The van der Waals surface area contributed by atoms with Crippen LogP contribution in [0.3, 0.4) is 0 Å². The van der Waals surface area contributed by atoms with Crippen molar-refractivity contribution < 1.29 is 9.84 Å². The van der Waals surface area contributed by atoms with Crippen molar-refractivity contribution in [3.05, 3.63) is 29.8 Å². The lowest BCUT2D eigenvalue weighted by Gasteiger charge is -2.23. The summed E-state index contributed by atoms with van der Waals surface area (Å²) in [4.78, 5) is 0. The van der Waals surface area contributed by atoms with E-state index < -0.39 is 0 Å². The molecule has 3 heteroatoms. The highest BCUT2D eigenvalue weighted by atomic mass is 16.5. The fourth-order valence-corrected chi connectivity index (χ4v) is 1.95. The maximum atomic E-state index is 8.91. The Hall–Kier alpha value is -1.06. The second kappa shape index (κ2) is 5.87. The number of hydrogen-bond donors (Lipinski definition) is 2. The van der Waals surface area contributed by atoms with Crippen LogP contribution in [0.2, 0.25) is 0 Å². The van der Waals surface area contributed by atoms with Gasteiger partial charge in [0.1, 0.15) is 12.4 Å². The van der Waals surface area contributed by atoms with Crippen LogP contribution in [0, 0.1) is 0 Å². The summed E-state index contributed by atoms with van der Waals surface area (Å²) in [6, 6.07) is 8.10. The van der Waals surface area contributed by atoms with Gasteiger partial charge in [0, 0.05) is 6.04 Å². The van der Waals surface area contributed by atoms with E-state index in [4.69, 9.17) is 9.84 Å². The first kappa shape index (κ1) is 11.4. The van der Waals surface area contributed by atoms with E-state index in [1.807, 2.05) is 24.3 Å². The number of hydrogen-bond acceptors (Lipinski definition) is 3. The Balaban J connectivity index is 1.79. The van der Waals surface area contributed by atoms with Crippen LogP contribution in [-0.2, 0) is 6.61 Å². The van der Waals surface area contributed by atoms with Crippen molar-refractivity contribution in [1.29, 1.82) is 0 Å². The van der Waals surface area contributed by atoms with Crippen molar-refractivity contribution in [2.75, 3.05) is 13.2 Å². The molecule has 2 N–H and O–H groups in total. The molecule has 1 aromatic carbocycles. The van der Waals surface area contributed by atoms with Gasteiger partial charge in [-0.25, -0.2) is 0 Å². The predicted octanol–water partition coefficient (Wildman–Crippen LogP) is 1.70. The number of nitrogens with one attached hydrogen (secondary N) is 1. The Kier molecular flexibility index (Phi) is 4.19. The lowest BCUT2D eigenvalue weighted by molar-refractivity contribution is 0.238. The molecule has 3 nitrogen and oxygen atoms in total. The van der Waals surface area contributed by atoms with Gasteiger partial charge in [-0.05, 0) is 37.1 Å². The maximum Gasteiger partial charge on any atom is 0.119 e. The monoisotopic (exact) mass is 221 g/mol. The van der Waals surface area contributed by atoms with Gasteiger partial charge in [0.15, 0.2) is 0 Å². The molecule has 1 fully saturated rings. The van der Waals surface area contributed by atoms with Gasteiger partial charge in [0.05, 0.1) is 6.61 Å². The van der Waals surface area contributed by atoms with Gasteiger partial charge in [0.2, 0.25) is 0 Å². The summed E-state index contributed by atoms with van der Waals surface area (Å²) in [6.07, 6.45) is 3.78. The molecule has 0 aliphatic carbocycles. The highest BCUT2D eigenvalue weighted by Crippen LogP contribution is 2.14. The highest BCUT2D eigenvalue weighted by Gasteiger charge is 2.12. The van der Waals surface area contributed by atoms with E-state index in [0.29, 0.717) is 6.04 Å². The molecule has 1 atom stereocenters. The van der Waals surface area contributed by atoms with Crippen LogP contribution in [0.1, 0.15) is 24.8 Å². The molecule has 0 aromatic heterocycles. The molecule has 1 heterocycles. The molecule has 88 valence electrons. The van der Waals surface area contributed by atoms with Crippen molar-refractivity contribution in [3.63, 3.8) is 0 Å². The minimum absolute atomic E-state index is 0.0878. The van der Waals surface area contributed by atoms with Crippen LogP contribution in [-0.4, -0.2) is 24.3 Å². The lowest BCUT2D eigenvalue weighted by atomic mass is 10.1. The number of aliphatic hydroxyl groups excluding tert-OH is 1. The zero-order valence-electron chi connectivity index (χ0n) is 9.48. The topological polar surface area (TPSA) is 41.5 Å². The molecule has 0 saturated carbocycles. The molecule has 1 aliphatic rings. The highest BCUT2D eigenvalue weighted by molar-refractivity contribution is 5.26. The Morgan fingerprint density at radius 3 is 2.69 bits per heavy atom. The van der Waals surface area contributed by atoms with Gasteiger partial charge in [-0.15, -0.1) is 0 Å². The third kappa shape index (κ3) is 3.22. The molecular weight excluding hydrogens is 202 g/mol. The van der Waals surface area contributed by atoms with E-state index in [1.54, 1.807) is 0 Å². The molecule has 1 saturated heterocycles. The van der Waals surface area contributed by atoms with Crippen LogP contribution >= 0.6 is 0 Å². The fourth-order valence-electron chi connectivity index (χ4n) is 1.95. The van der Waals surface area contributed by atoms with E-state index in [-0.39, 0.29) is 6.61 Å². The van der Waals surface area contributed by atoms with Crippen LogP contribution in [0.25, 0.3) is 0 Å². The SMILES string of the molecule is OCc1ccc(OCC2CCCCN2)cc1. The fraction of sp³-hybridized carbons (Fsp3) is 0.538. The average Bonchev–Trinajstić information content (AvgIpc) is 2.38. The Morgan fingerprint density at radius 2 is 2.06 bits per heavy atom. The van der Waals surface area contributed by atoms with Gasteiger partial charge in [-0.1, -0.05) is 18.6 Å². The minimum atomic E-state index is 0.0878. The molecule has 1 unspecified atom stereocenters. The third-order valence-corrected chi connectivity index (χ3v) is 2.97. The molecule has 1 aliphatic heterocycles. The van der Waals surface area contributed by atoms with E-state index in [0.717, 1.165) is 24.5 Å². The standard InChI is InChI=1S/C13H19NO2/c15-9-11-4-6-13(7-5-11)16-10-12-3-1-2-8-14-12/h4-7,12,14-15H,1-3,8-10H2.